The summed E-state index contributed by atoms with van der Waals surface area (Å²) < 4.78 is 2.19. The van der Waals surface area contributed by atoms with Crippen molar-refractivity contribution in [3.05, 3.63) is 18.7 Å². The summed E-state index contributed by atoms with van der Waals surface area (Å²) in [6.45, 7) is 2.26. The molecular formula is C8H12N2. The molecule has 0 spiro atoms. The van der Waals surface area contributed by atoms with Crippen LogP contribution in [0.1, 0.15) is 25.8 Å². The van der Waals surface area contributed by atoms with Gasteiger partial charge >= 0.3 is 0 Å². The Morgan fingerprint density at radius 1 is 1.60 bits per heavy atom. The van der Waals surface area contributed by atoms with E-state index in [0.717, 1.165) is 5.92 Å². The fourth-order valence-electron chi connectivity index (χ4n) is 1.33. The summed E-state index contributed by atoms with van der Waals surface area (Å²) in [5.41, 5.74) is 0. The standard InChI is InChI=1S/C8H12N2/c1-7(8-2-3-8)10-5-4-9-6-10/h4-8H,2-3H2,1H3/t7-/m0/s1. The first-order chi connectivity index (χ1) is 4.88. The van der Waals surface area contributed by atoms with Crippen LogP contribution in [-0.4, -0.2) is 9.55 Å². The second-order valence-electron chi connectivity index (χ2n) is 3.09. The molecule has 1 aromatic heterocycles. The van der Waals surface area contributed by atoms with E-state index in [4.69, 9.17) is 0 Å². The highest BCUT2D eigenvalue weighted by atomic mass is 15.1. The van der Waals surface area contributed by atoms with Crippen molar-refractivity contribution < 1.29 is 0 Å². The van der Waals surface area contributed by atoms with E-state index in [1.54, 1.807) is 0 Å². The molecule has 2 rings (SSSR count). The van der Waals surface area contributed by atoms with Gasteiger partial charge in [-0.3, -0.25) is 0 Å². The Hall–Kier alpha value is -0.790. The van der Waals surface area contributed by atoms with Crippen LogP contribution in [0.4, 0.5) is 0 Å². The van der Waals surface area contributed by atoms with Crippen LogP contribution in [0.25, 0.3) is 0 Å². The smallest absolute Gasteiger partial charge is 0.0948 e. The highest BCUT2D eigenvalue weighted by molar-refractivity contribution is 4.87. The lowest BCUT2D eigenvalue weighted by atomic mass is 10.2. The number of aromatic nitrogens is 2. The van der Waals surface area contributed by atoms with E-state index in [9.17, 15) is 0 Å². The summed E-state index contributed by atoms with van der Waals surface area (Å²) in [5.74, 6) is 0.925. The van der Waals surface area contributed by atoms with Crippen molar-refractivity contribution in [2.45, 2.75) is 25.8 Å². The first kappa shape index (κ1) is 5.96. The molecule has 54 valence electrons. The maximum Gasteiger partial charge on any atom is 0.0948 e. The molecule has 1 aliphatic carbocycles. The number of hydrogen-bond donors (Lipinski definition) is 0. The molecule has 0 radical (unpaired) electrons. The Bertz CT molecular complexity index is 199. The van der Waals surface area contributed by atoms with Gasteiger partial charge in [0.25, 0.3) is 0 Å². The van der Waals surface area contributed by atoms with Crippen molar-refractivity contribution in [2.24, 2.45) is 5.92 Å². The summed E-state index contributed by atoms with van der Waals surface area (Å²) in [4.78, 5) is 4.02. The predicted molar refractivity (Wildman–Crippen MR) is 39.7 cm³/mol. The zero-order chi connectivity index (χ0) is 6.97. The van der Waals surface area contributed by atoms with E-state index in [1.165, 1.54) is 12.8 Å². The minimum atomic E-state index is 0.669. The fourth-order valence-corrected chi connectivity index (χ4v) is 1.33. The molecule has 0 amide bonds. The monoisotopic (exact) mass is 136 g/mol. The summed E-state index contributed by atoms with van der Waals surface area (Å²) in [7, 11) is 0. The van der Waals surface area contributed by atoms with Gasteiger partial charge < -0.3 is 4.57 Å². The predicted octanol–water partition coefficient (Wildman–Crippen LogP) is 1.85. The van der Waals surface area contributed by atoms with Gasteiger partial charge in [0.15, 0.2) is 0 Å². The molecule has 1 saturated carbocycles. The van der Waals surface area contributed by atoms with E-state index in [0.29, 0.717) is 6.04 Å². The minimum absolute atomic E-state index is 0.669. The van der Waals surface area contributed by atoms with Crippen LogP contribution < -0.4 is 0 Å². The molecular weight excluding hydrogens is 124 g/mol. The van der Waals surface area contributed by atoms with Gasteiger partial charge in [-0.1, -0.05) is 0 Å². The molecule has 0 N–H and O–H groups in total. The highest BCUT2D eigenvalue weighted by Crippen LogP contribution is 2.38. The molecule has 2 nitrogen and oxygen atoms in total. The summed E-state index contributed by atoms with van der Waals surface area (Å²) in [6, 6.07) is 0.669. The van der Waals surface area contributed by atoms with Crippen LogP contribution in [0.2, 0.25) is 0 Å². The number of imidazole rings is 1. The van der Waals surface area contributed by atoms with Gasteiger partial charge in [-0.05, 0) is 25.7 Å². The lowest BCUT2D eigenvalue weighted by Gasteiger charge is -2.09. The van der Waals surface area contributed by atoms with Gasteiger partial charge in [-0.25, -0.2) is 4.98 Å². The van der Waals surface area contributed by atoms with Gasteiger partial charge in [-0.15, -0.1) is 0 Å². The summed E-state index contributed by atoms with van der Waals surface area (Å²) in [5, 5.41) is 0. The number of nitrogens with zero attached hydrogens (tertiary/aromatic N) is 2. The van der Waals surface area contributed by atoms with Crippen LogP contribution >= 0.6 is 0 Å². The first-order valence-corrected chi connectivity index (χ1v) is 3.85. The van der Waals surface area contributed by atoms with Crippen molar-refractivity contribution in [1.29, 1.82) is 0 Å². The molecule has 1 fully saturated rings. The topological polar surface area (TPSA) is 17.8 Å². The third kappa shape index (κ3) is 0.939. The Morgan fingerprint density at radius 3 is 2.90 bits per heavy atom. The third-order valence-corrected chi connectivity index (χ3v) is 2.30. The Balaban J connectivity index is 2.11. The quantitative estimate of drug-likeness (QED) is 0.606. The lowest BCUT2D eigenvalue weighted by molar-refractivity contribution is 0.485. The first-order valence-electron chi connectivity index (χ1n) is 3.85. The van der Waals surface area contributed by atoms with Crippen LogP contribution in [0.3, 0.4) is 0 Å². The summed E-state index contributed by atoms with van der Waals surface area (Å²) >= 11 is 0. The second kappa shape index (κ2) is 2.11. The van der Waals surface area contributed by atoms with E-state index < -0.39 is 0 Å². The van der Waals surface area contributed by atoms with E-state index in [2.05, 4.69) is 16.5 Å². The zero-order valence-corrected chi connectivity index (χ0v) is 6.20. The molecule has 1 heterocycles. The van der Waals surface area contributed by atoms with Gasteiger partial charge in [0, 0.05) is 18.4 Å². The lowest BCUT2D eigenvalue weighted by Crippen LogP contribution is -2.03. The fraction of sp³-hybridized carbons (Fsp3) is 0.625. The van der Waals surface area contributed by atoms with Crippen molar-refractivity contribution in [2.75, 3.05) is 0 Å². The van der Waals surface area contributed by atoms with Gasteiger partial charge in [0.1, 0.15) is 0 Å². The molecule has 1 atom stereocenters. The maximum atomic E-state index is 4.02. The zero-order valence-electron chi connectivity index (χ0n) is 6.20. The Morgan fingerprint density at radius 2 is 2.40 bits per heavy atom. The molecule has 1 aliphatic rings. The largest absolute Gasteiger partial charge is 0.334 e. The van der Waals surface area contributed by atoms with Gasteiger partial charge in [0.05, 0.1) is 6.33 Å². The van der Waals surface area contributed by atoms with Crippen molar-refractivity contribution in [3.63, 3.8) is 0 Å². The Kier molecular flexibility index (Phi) is 1.26. The normalized spacial score (nSPS) is 20.9. The van der Waals surface area contributed by atoms with Gasteiger partial charge in [-0.2, -0.15) is 0 Å². The number of hydrogen-bond acceptors (Lipinski definition) is 1. The maximum absolute atomic E-state index is 4.02. The molecule has 0 aromatic carbocycles. The van der Waals surface area contributed by atoms with E-state index >= 15 is 0 Å². The third-order valence-electron chi connectivity index (χ3n) is 2.30. The molecule has 0 unspecified atom stereocenters. The van der Waals surface area contributed by atoms with Crippen LogP contribution in [0.5, 0.6) is 0 Å². The van der Waals surface area contributed by atoms with Crippen molar-refractivity contribution >= 4 is 0 Å². The van der Waals surface area contributed by atoms with Crippen LogP contribution in [0.15, 0.2) is 18.7 Å². The minimum Gasteiger partial charge on any atom is -0.334 e. The van der Waals surface area contributed by atoms with Crippen molar-refractivity contribution in [1.82, 2.24) is 9.55 Å². The van der Waals surface area contributed by atoms with E-state index in [-0.39, 0.29) is 0 Å². The highest BCUT2D eigenvalue weighted by Gasteiger charge is 2.28. The summed E-state index contributed by atoms with van der Waals surface area (Å²) in [6.07, 6.45) is 8.60. The van der Waals surface area contributed by atoms with Crippen LogP contribution in [-0.2, 0) is 0 Å². The SMILES string of the molecule is C[C@@H](C1CC1)n1ccnc1. The second-order valence-corrected chi connectivity index (χ2v) is 3.09. The number of rotatable bonds is 2. The molecule has 1 aromatic rings. The van der Waals surface area contributed by atoms with E-state index in [1.807, 2.05) is 18.7 Å². The van der Waals surface area contributed by atoms with Crippen LogP contribution in [0, 0.1) is 5.92 Å². The molecule has 10 heavy (non-hydrogen) atoms. The molecule has 0 bridgehead atoms. The molecule has 0 aliphatic heterocycles. The average molecular weight is 136 g/mol. The van der Waals surface area contributed by atoms with Crippen molar-refractivity contribution in [3.8, 4) is 0 Å². The Labute approximate surface area is 60.9 Å². The molecule has 0 saturated heterocycles. The van der Waals surface area contributed by atoms with Gasteiger partial charge in [0.2, 0.25) is 0 Å². The molecule has 2 heteroatoms. The average Bonchev–Trinajstić information content (AvgIpc) is 2.65.